The fraction of sp³-hybridized carbons (Fsp3) is 0.0625. The number of hydrazone groups is 1. The van der Waals surface area contributed by atoms with Crippen molar-refractivity contribution in [2.24, 2.45) is 5.10 Å². The molecule has 2 rings (SSSR count). The van der Waals surface area contributed by atoms with Crippen LogP contribution >= 0.6 is 31.9 Å². The fourth-order valence-electron chi connectivity index (χ4n) is 1.75. The third-order valence-corrected chi connectivity index (χ3v) is 4.31. The van der Waals surface area contributed by atoms with Gasteiger partial charge in [-0.2, -0.15) is 10.4 Å². The highest BCUT2D eigenvalue weighted by molar-refractivity contribution is 9.11. The number of rotatable bonds is 5. The average molecular weight is 469 g/mol. The van der Waals surface area contributed by atoms with E-state index in [2.05, 4.69) is 42.4 Å². The quantitative estimate of drug-likeness (QED) is 0.460. The van der Waals surface area contributed by atoms with E-state index in [0.29, 0.717) is 15.8 Å². The topological polar surface area (TPSA) is 115 Å². The molecule has 7 nitrogen and oxygen atoms in total. The molecule has 0 saturated carbocycles. The number of hydrogen-bond acceptors (Lipinski definition) is 6. The predicted molar refractivity (Wildman–Crippen MR) is 97.6 cm³/mol. The number of carbonyl (C=O) groups is 1. The van der Waals surface area contributed by atoms with E-state index in [9.17, 15) is 15.0 Å². The molecule has 0 heterocycles. The Morgan fingerprint density at radius 2 is 2.04 bits per heavy atom. The molecule has 0 atom stereocenters. The van der Waals surface area contributed by atoms with E-state index < -0.39 is 5.91 Å². The highest BCUT2D eigenvalue weighted by Crippen LogP contribution is 2.40. The Hall–Kier alpha value is -2.57. The van der Waals surface area contributed by atoms with Gasteiger partial charge >= 0.3 is 0 Å². The number of phenolic OH excluding ortho intramolecular Hbond substituents is 2. The summed E-state index contributed by atoms with van der Waals surface area (Å²) in [6.45, 7) is -0.328. The summed E-state index contributed by atoms with van der Waals surface area (Å²) in [5, 5.41) is 32.2. The summed E-state index contributed by atoms with van der Waals surface area (Å²) >= 11 is 6.17. The summed E-state index contributed by atoms with van der Waals surface area (Å²) in [7, 11) is 0. The van der Waals surface area contributed by atoms with E-state index >= 15 is 0 Å². The van der Waals surface area contributed by atoms with Gasteiger partial charge in [0, 0.05) is 5.56 Å². The number of amides is 1. The molecule has 0 aliphatic rings. The van der Waals surface area contributed by atoms with E-state index in [4.69, 9.17) is 10.00 Å². The maximum Gasteiger partial charge on any atom is 0.277 e. The van der Waals surface area contributed by atoms with Crippen molar-refractivity contribution < 1.29 is 19.7 Å². The number of para-hydroxylation sites is 1. The van der Waals surface area contributed by atoms with Gasteiger partial charge in [-0.15, -0.1) is 0 Å². The smallest absolute Gasteiger partial charge is 0.277 e. The van der Waals surface area contributed by atoms with Crippen LogP contribution in [-0.2, 0) is 4.79 Å². The lowest BCUT2D eigenvalue weighted by atomic mass is 10.2. The number of nitriles is 1. The van der Waals surface area contributed by atoms with Crippen molar-refractivity contribution in [3.8, 4) is 23.3 Å². The van der Waals surface area contributed by atoms with Crippen molar-refractivity contribution >= 4 is 44.0 Å². The second-order valence-corrected chi connectivity index (χ2v) is 6.30. The normalized spacial score (nSPS) is 10.4. The van der Waals surface area contributed by atoms with Crippen molar-refractivity contribution in [3.05, 3.63) is 50.4 Å². The van der Waals surface area contributed by atoms with Crippen LogP contribution < -0.4 is 10.2 Å². The van der Waals surface area contributed by atoms with Crippen LogP contribution in [0.1, 0.15) is 11.1 Å². The minimum absolute atomic E-state index is 0.103. The minimum Gasteiger partial charge on any atom is -0.506 e. The lowest BCUT2D eigenvalue weighted by molar-refractivity contribution is -0.123. The first-order valence-electron chi connectivity index (χ1n) is 6.77. The number of phenols is 2. The Bertz CT molecular complexity index is 878. The molecule has 2 aromatic rings. The molecule has 0 unspecified atom stereocenters. The molecule has 0 fully saturated rings. The maximum atomic E-state index is 11.7. The molecule has 128 valence electrons. The molecular weight excluding hydrogens is 458 g/mol. The SMILES string of the molecule is N#Cc1ccccc1OCC(=O)N/N=C/c1cc(Br)c(O)c(Br)c1O. The van der Waals surface area contributed by atoms with Crippen molar-refractivity contribution in [2.75, 3.05) is 6.61 Å². The van der Waals surface area contributed by atoms with Crippen molar-refractivity contribution in [2.45, 2.75) is 0 Å². The monoisotopic (exact) mass is 467 g/mol. The second kappa shape index (κ2) is 8.50. The van der Waals surface area contributed by atoms with E-state index in [-0.39, 0.29) is 28.1 Å². The van der Waals surface area contributed by atoms with Crippen LogP contribution in [0.5, 0.6) is 17.2 Å². The zero-order chi connectivity index (χ0) is 18.4. The maximum absolute atomic E-state index is 11.7. The van der Waals surface area contributed by atoms with Crippen LogP contribution in [0.4, 0.5) is 0 Å². The highest BCUT2D eigenvalue weighted by atomic mass is 79.9. The van der Waals surface area contributed by atoms with Gasteiger partial charge in [0.05, 0.1) is 16.3 Å². The van der Waals surface area contributed by atoms with Crippen LogP contribution in [0.25, 0.3) is 0 Å². The molecule has 2 aromatic carbocycles. The molecule has 0 aliphatic carbocycles. The summed E-state index contributed by atoms with van der Waals surface area (Å²) in [6.07, 6.45) is 1.21. The van der Waals surface area contributed by atoms with Crippen LogP contribution in [0.15, 0.2) is 44.4 Å². The Morgan fingerprint density at radius 3 is 2.76 bits per heavy atom. The Balaban J connectivity index is 1.97. The van der Waals surface area contributed by atoms with E-state index in [1.165, 1.54) is 12.3 Å². The molecule has 1 amide bonds. The van der Waals surface area contributed by atoms with Gasteiger partial charge in [0.15, 0.2) is 6.61 Å². The molecule has 0 spiro atoms. The summed E-state index contributed by atoms with van der Waals surface area (Å²) in [5.74, 6) is -0.616. The Kier molecular flexibility index (Phi) is 6.38. The number of halogens is 2. The highest BCUT2D eigenvalue weighted by Gasteiger charge is 2.13. The van der Waals surface area contributed by atoms with Crippen LogP contribution in [0.2, 0.25) is 0 Å². The fourth-order valence-corrected chi connectivity index (χ4v) is 2.90. The first kappa shape index (κ1) is 18.8. The van der Waals surface area contributed by atoms with Gasteiger partial charge < -0.3 is 14.9 Å². The number of ether oxygens (including phenoxy) is 1. The van der Waals surface area contributed by atoms with Gasteiger partial charge in [0.1, 0.15) is 27.8 Å². The molecule has 0 saturated heterocycles. The zero-order valence-corrected chi connectivity index (χ0v) is 15.7. The van der Waals surface area contributed by atoms with E-state index in [1.807, 2.05) is 6.07 Å². The predicted octanol–water partition coefficient (Wildman–Crippen LogP) is 3.02. The third kappa shape index (κ3) is 4.71. The molecule has 9 heteroatoms. The minimum atomic E-state index is -0.541. The summed E-state index contributed by atoms with van der Waals surface area (Å²) in [6, 6.07) is 9.94. The average Bonchev–Trinajstić information content (AvgIpc) is 2.62. The number of benzene rings is 2. The summed E-state index contributed by atoms with van der Waals surface area (Å²) in [5.41, 5.74) is 2.83. The number of hydrogen-bond donors (Lipinski definition) is 3. The third-order valence-electron chi connectivity index (χ3n) is 2.96. The zero-order valence-electron chi connectivity index (χ0n) is 12.5. The number of nitrogens with zero attached hydrogens (tertiary/aromatic N) is 2. The molecule has 0 bridgehead atoms. The molecule has 0 aliphatic heterocycles. The number of aromatic hydroxyl groups is 2. The van der Waals surface area contributed by atoms with E-state index in [0.717, 1.165) is 0 Å². The molecule has 25 heavy (non-hydrogen) atoms. The molecular formula is C16H11Br2N3O4. The standard InChI is InChI=1S/C16H11Br2N3O4/c17-11-5-10(15(23)14(18)16(11)24)7-20-21-13(22)8-25-12-4-2-1-3-9(12)6-19/h1-5,7,23-24H,8H2,(H,21,22)/b20-7+. The summed E-state index contributed by atoms with van der Waals surface area (Å²) in [4.78, 5) is 11.7. The second-order valence-electron chi connectivity index (χ2n) is 4.65. The Morgan fingerprint density at radius 1 is 1.32 bits per heavy atom. The largest absolute Gasteiger partial charge is 0.506 e. The Labute approximate surface area is 159 Å². The summed E-state index contributed by atoms with van der Waals surface area (Å²) < 4.78 is 5.72. The van der Waals surface area contributed by atoms with Gasteiger partial charge in [-0.25, -0.2) is 5.43 Å². The van der Waals surface area contributed by atoms with Gasteiger partial charge in [0.2, 0.25) is 0 Å². The first-order chi connectivity index (χ1) is 11.9. The van der Waals surface area contributed by atoms with Gasteiger partial charge in [0.25, 0.3) is 5.91 Å². The van der Waals surface area contributed by atoms with E-state index in [1.54, 1.807) is 24.3 Å². The van der Waals surface area contributed by atoms with Crippen molar-refractivity contribution in [1.82, 2.24) is 5.43 Å². The first-order valence-corrected chi connectivity index (χ1v) is 8.36. The van der Waals surface area contributed by atoms with Gasteiger partial charge in [-0.05, 0) is 50.1 Å². The van der Waals surface area contributed by atoms with Gasteiger partial charge in [-0.1, -0.05) is 12.1 Å². The molecule has 3 N–H and O–H groups in total. The van der Waals surface area contributed by atoms with Crippen molar-refractivity contribution in [3.63, 3.8) is 0 Å². The molecule has 0 radical (unpaired) electrons. The number of carbonyl (C=O) groups excluding carboxylic acids is 1. The molecule has 0 aromatic heterocycles. The van der Waals surface area contributed by atoms with Crippen LogP contribution in [0, 0.1) is 11.3 Å². The van der Waals surface area contributed by atoms with Crippen molar-refractivity contribution in [1.29, 1.82) is 5.26 Å². The number of nitrogens with one attached hydrogen (secondary N) is 1. The van der Waals surface area contributed by atoms with Gasteiger partial charge in [-0.3, -0.25) is 4.79 Å². The van der Waals surface area contributed by atoms with Crippen LogP contribution in [0.3, 0.4) is 0 Å². The lowest BCUT2D eigenvalue weighted by Crippen LogP contribution is -2.24. The van der Waals surface area contributed by atoms with Crippen LogP contribution in [-0.4, -0.2) is 28.9 Å². The lowest BCUT2D eigenvalue weighted by Gasteiger charge is -2.07.